The van der Waals surface area contributed by atoms with Crippen LogP contribution in [0, 0.1) is 0 Å². The molecule has 0 fully saturated rings. The largest absolute Gasteiger partial charge is 0.497 e. The molecule has 0 aromatic heterocycles. The van der Waals surface area contributed by atoms with Crippen molar-refractivity contribution in [3.8, 4) is 11.5 Å². The van der Waals surface area contributed by atoms with Crippen LogP contribution in [0.15, 0.2) is 42.5 Å². The highest BCUT2D eigenvalue weighted by atomic mass is 16.5. The van der Waals surface area contributed by atoms with Gasteiger partial charge in [-0.1, -0.05) is 12.1 Å². The molecule has 0 saturated heterocycles. The Labute approximate surface area is 169 Å². The zero-order valence-electron chi connectivity index (χ0n) is 16.7. The minimum absolute atomic E-state index is 0.168. The number of fused-ring (bicyclic) bond motifs is 1. The zero-order valence-corrected chi connectivity index (χ0v) is 16.7. The summed E-state index contributed by atoms with van der Waals surface area (Å²) in [7, 11) is 3.15. The van der Waals surface area contributed by atoms with Gasteiger partial charge >= 0.3 is 0 Å². The van der Waals surface area contributed by atoms with Crippen molar-refractivity contribution in [1.29, 1.82) is 0 Å². The van der Waals surface area contributed by atoms with Gasteiger partial charge < -0.3 is 14.8 Å². The third kappa shape index (κ3) is 4.23. The number of nitrogens with one attached hydrogen (secondary N) is 1. The fraction of sp³-hybridized carbons (Fsp3) is 0.318. The van der Waals surface area contributed by atoms with Gasteiger partial charge in [0.1, 0.15) is 11.5 Å². The Kier molecular flexibility index (Phi) is 6.16. The van der Waals surface area contributed by atoms with Gasteiger partial charge in [0.2, 0.25) is 5.91 Å². The lowest BCUT2D eigenvalue weighted by Crippen LogP contribution is -2.32. The van der Waals surface area contributed by atoms with Crippen molar-refractivity contribution in [2.45, 2.75) is 25.8 Å². The van der Waals surface area contributed by atoms with Crippen LogP contribution in [0.2, 0.25) is 0 Å². The second-order valence-electron chi connectivity index (χ2n) is 6.81. The Bertz CT molecular complexity index is 906. The Morgan fingerprint density at radius 1 is 1.03 bits per heavy atom. The number of methoxy groups -OCH3 is 2. The molecule has 0 bridgehead atoms. The molecule has 0 aliphatic carbocycles. The Morgan fingerprint density at radius 2 is 1.69 bits per heavy atom. The Hall–Kier alpha value is -3.35. The smallest absolute Gasteiger partial charge is 0.261 e. The molecule has 0 saturated carbocycles. The predicted octanol–water partition coefficient (Wildman–Crippen LogP) is 2.96. The molecule has 0 unspecified atom stereocenters. The summed E-state index contributed by atoms with van der Waals surface area (Å²) < 4.78 is 10.6. The Balaban J connectivity index is 1.55. The number of nitrogens with zero attached hydrogens (tertiary/aromatic N) is 1. The van der Waals surface area contributed by atoms with Crippen molar-refractivity contribution in [1.82, 2.24) is 10.2 Å². The van der Waals surface area contributed by atoms with E-state index in [1.807, 2.05) is 13.0 Å². The van der Waals surface area contributed by atoms with Crippen LogP contribution in [0.4, 0.5) is 0 Å². The van der Waals surface area contributed by atoms with Crippen molar-refractivity contribution in [3.63, 3.8) is 0 Å². The number of hydrogen-bond donors (Lipinski definition) is 1. The minimum atomic E-state index is -0.305. The molecule has 1 N–H and O–H groups in total. The molecule has 2 aromatic rings. The summed E-state index contributed by atoms with van der Waals surface area (Å²) in [5.74, 6) is 0.553. The molecular formula is C22H24N2O5. The molecular weight excluding hydrogens is 372 g/mol. The number of ether oxygens (including phenoxy) is 2. The maximum Gasteiger partial charge on any atom is 0.261 e. The summed E-state index contributed by atoms with van der Waals surface area (Å²) >= 11 is 0. The Morgan fingerprint density at radius 3 is 2.28 bits per heavy atom. The summed E-state index contributed by atoms with van der Waals surface area (Å²) in [4.78, 5) is 38.3. The van der Waals surface area contributed by atoms with E-state index in [0.717, 1.165) is 5.56 Å². The number of imide groups is 1. The highest BCUT2D eigenvalue weighted by Crippen LogP contribution is 2.29. The van der Waals surface area contributed by atoms with Crippen LogP contribution in [0.3, 0.4) is 0 Å². The fourth-order valence-electron chi connectivity index (χ4n) is 3.41. The number of rotatable bonds is 8. The second kappa shape index (κ2) is 8.77. The summed E-state index contributed by atoms with van der Waals surface area (Å²) in [6.45, 7) is 2.07. The van der Waals surface area contributed by atoms with E-state index in [1.165, 1.54) is 4.90 Å². The van der Waals surface area contributed by atoms with Crippen molar-refractivity contribution >= 4 is 17.7 Å². The molecule has 152 valence electrons. The number of hydrogen-bond acceptors (Lipinski definition) is 5. The molecule has 7 heteroatoms. The molecule has 29 heavy (non-hydrogen) atoms. The first-order valence-electron chi connectivity index (χ1n) is 9.42. The van der Waals surface area contributed by atoms with Crippen LogP contribution >= 0.6 is 0 Å². The summed E-state index contributed by atoms with van der Waals surface area (Å²) in [5, 5.41) is 2.92. The normalized spacial score (nSPS) is 13.8. The predicted molar refractivity (Wildman–Crippen MR) is 107 cm³/mol. The zero-order chi connectivity index (χ0) is 21.0. The first-order valence-corrected chi connectivity index (χ1v) is 9.42. The van der Waals surface area contributed by atoms with Gasteiger partial charge in [-0.25, -0.2) is 0 Å². The minimum Gasteiger partial charge on any atom is -0.497 e. The number of carbonyl (C=O) groups excluding carboxylic acids is 3. The lowest BCUT2D eigenvalue weighted by atomic mass is 10.1. The van der Waals surface area contributed by atoms with Gasteiger partial charge in [-0.2, -0.15) is 0 Å². The molecule has 3 rings (SSSR count). The van der Waals surface area contributed by atoms with Crippen molar-refractivity contribution in [3.05, 3.63) is 59.2 Å². The quantitative estimate of drug-likeness (QED) is 0.694. The van der Waals surface area contributed by atoms with Gasteiger partial charge in [0.05, 0.1) is 31.4 Å². The van der Waals surface area contributed by atoms with Crippen LogP contribution in [-0.4, -0.2) is 43.4 Å². The average molecular weight is 396 g/mol. The third-order valence-corrected chi connectivity index (χ3v) is 4.94. The highest BCUT2D eigenvalue weighted by Gasteiger charge is 2.34. The molecule has 2 aromatic carbocycles. The summed E-state index contributed by atoms with van der Waals surface area (Å²) in [6, 6.07) is 11.9. The number of benzene rings is 2. The maximum absolute atomic E-state index is 12.4. The van der Waals surface area contributed by atoms with E-state index in [-0.39, 0.29) is 36.7 Å². The monoisotopic (exact) mass is 396 g/mol. The van der Waals surface area contributed by atoms with Gasteiger partial charge in [0.15, 0.2) is 0 Å². The van der Waals surface area contributed by atoms with Gasteiger partial charge in [0.25, 0.3) is 11.8 Å². The molecule has 0 spiro atoms. The van der Waals surface area contributed by atoms with E-state index in [9.17, 15) is 14.4 Å². The van der Waals surface area contributed by atoms with E-state index < -0.39 is 0 Å². The molecule has 0 radical (unpaired) electrons. The fourth-order valence-corrected chi connectivity index (χ4v) is 3.41. The first kappa shape index (κ1) is 20.4. The average Bonchev–Trinajstić information content (AvgIpc) is 2.98. The van der Waals surface area contributed by atoms with E-state index in [1.54, 1.807) is 50.6 Å². The van der Waals surface area contributed by atoms with E-state index in [0.29, 0.717) is 29.0 Å². The van der Waals surface area contributed by atoms with Gasteiger partial charge in [-0.3, -0.25) is 19.3 Å². The van der Waals surface area contributed by atoms with Crippen LogP contribution in [0.25, 0.3) is 0 Å². The number of carbonyl (C=O) groups is 3. The van der Waals surface area contributed by atoms with Crippen molar-refractivity contribution in [2.24, 2.45) is 0 Å². The lowest BCUT2D eigenvalue weighted by molar-refractivity contribution is -0.121. The summed E-state index contributed by atoms with van der Waals surface area (Å²) in [6.07, 6.45) is 0.587. The highest BCUT2D eigenvalue weighted by molar-refractivity contribution is 6.21. The van der Waals surface area contributed by atoms with Crippen LogP contribution in [-0.2, 0) is 4.79 Å². The van der Waals surface area contributed by atoms with E-state index in [2.05, 4.69) is 5.32 Å². The topological polar surface area (TPSA) is 84.9 Å². The van der Waals surface area contributed by atoms with Gasteiger partial charge in [-0.05, 0) is 43.7 Å². The molecule has 7 nitrogen and oxygen atoms in total. The second-order valence-corrected chi connectivity index (χ2v) is 6.81. The van der Waals surface area contributed by atoms with Crippen molar-refractivity contribution < 1.29 is 23.9 Å². The summed E-state index contributed by atoms with van der Waals surface area (Å²) in [5.41, 5.74) is 1.64. The van der Waals surface area contributed by atoms with Crippen molar-refractivity contribution in [2.75, 3.05) is 20.8 Å². The van der Waals surface area contributed by atoms with Crippen LogP contribution < -0.4 is 14.8 Å². The van der Waals surface area contributed by atoms with Gasteiger partial charge in [0, 0.05) is 18.5 Å². The SMILES string of the molecule is COc1ccc(OC)c([C@@H](C)NC(=O)CCCN2C(=O)c3ccccc3C2=O)c1. The molecule has 1 heterocycles. The van der Waals surface area contributed by atoms with Crippen LogP contribution in [0.5, 0.6) is 11.5 Å². The number of amides is 3. The third-order valence-electron chi connectivity index (χ3n) is 4.94. The molecule has 1 aliphatic rings. The van der Waals surface area contributed by atoms with Gasteiger partial charge in [-0.15, -0.1) is 0 Å². The van der Waals surface area contributed by atoms with Crippen LogP contribution in [0.1, 0.15) is 52.1 Å². The van der Waals surface area contributed by atoms with E-state index in [4.69, 9.17) is 9.47 Å². The molecule has 1 aliphatic heterocycles. The standard InChI is InChI=1S/C22H24N2O5/c1-14(18-13-15(28-2)10-11-19(18)29-3)23-20(25)9-6-12-24-21(26)16-7-4-5-8-17(16)22(24)27/h4-5,7-8,10-11,13-14H,6,9,12H2,1-3H3,(H,23,25)/t14-/m1/s1. The molecule has 3 amide bonds. The molecule has 1 atom stereocenters. The lowest BCUT2D eigenvalue weighted by Gasteiger charge is -2.19. The van der Waals surface area contributed by atoms with E-state index >= 15 is 0 Å². The first-order chi connectivity index (χ1) is 14.0. The maximum atomic E-state index is 12.4.